The minimum atomic E-state index is -1.29. The number of carbonyl (C=O) groups is 4. The summed E-state index contributed by atoms with van der Waals surface area (Å²) in [4.78, 5) is 46.2. The van der Waals surface area contributed by atoms with Gasteiger partial charge in [0.15, 0.2) is 0 Å². The Bertz CT molecular complexity index is 445. The van der Waals surface area contributed by atoms with E-state index in [9.17, 15) is 19.2 Å². The number of ether oxygens (including phenoxy) is 1. The number of nitrogens with zero attached hydrogens (tertiary/aromatic N) is 1. The minimum absolute atomic E-state index is 0.335. The summed E-state index contributed by atoms with van der Waals surface area (Å²) in [6, 6.07) is -1.45. The highest BCUT2D eigenvalue weighted by atomic mass is 16.5. The summed E-state index contributed by atoms with van der Waals surface area (Å²) in [6.07, 6.45) is 3.34. The Morgan fingerprint density at radius 2 is 1.95 bits per heavy atom. The molecule has 8 nitrogen and oxygen atoms in total. The molecule has 1 fully saturated rings. The second-order valence-electron chi connectivity index (χ2n) is 4.19. The minimum Gasteiger partial charge on any atom is -0.478 e. The normalized spacial score (nSPS) is 18.6. The van der Waals surface area contributed by atoms with Crippen molar-refractivity contribution in [1.29, 1.82) is 0 Å². The van der Waals surface area contributed by atoms with Crippen LogP contribution in [0.3, 0.4) is 0 Å². The molecule has 0 aliphatic carbocycles. The van der Waals surface area contributed by atoms with Gasteiger partial charge >= 0.3 is 18.0 Å². The van der Waals surface area contributed by atoms with Crippen LogP contribution in [0.4, 0.5) is 4.79 Å². The zero-order valence-corrected chi connectivity index (χ0v) is 11.0. The van der Waals surface area contributed by atoms with Crippen molar-refractivity contribution in [3.8, 4) is 0 Å². The van der Waals surface area contributed by atoms with Gasteiger partial charge in [0, 0.05) is 18.7 Å². The van der Waals surface area contributed by atoms with E-state index in [2.05, 4.69) is 4.74 Å². The number of methoxy groups -OCH3 is 1. The molecule has 1 atom stereocenters. The van der Waals surface area contributed by atoms with Gasteiger partial charge in [0.05, 0.1) is 7.11 Å². The SMILES string of the molecule is COC(=O)C1CCCCN1C(=O)NC(=O)/C=C/C(=O)O. The van der Waals surface area contributed by atoms with Gasteiger partial charge in [-0.2, -0.15) is 0 Å². The van der Waals surface area contributed by atoms with Crippen molar-refractivity contribution in [1.82, 2.24) is 10.2 Å². The fraction of sp³-hybridized carbons (Fsp3) is 0.500. The van der Waals surface area contributed by atoms with E-state index in [0.29, 0.717) is 19.0 Å². The number of urea groups is 1. The molecule has 0 spiro atoms. The van der Waals surface area contributed by atoms with Gasteiger partial charge in [-0.3, -0.25) is 10.1 Å². The average Bonchev–Trinajstić information content (AvgIpc) is 2.44. The summed E-state index contributed by atoms with van der Waals surface area (Å²) < 4.78 is 4.62. The van der Waals surface area contributed by atoms with Gasteiger partial charge in [-0.25, -0.2) is 14.4 Å². The number of likely N-dealkylation sites (tertiary alicyclic amines) is 1. The molecule has 8 heteroatoms. The molecule has 1 aliphatic heterocycles. The number of piperidine rings is 1. The largest absolute Gasteiger partial charge is 0.478 e. The van der Waals surface area contributed by atoms with Crippen LogP contribution in [0, 0.1) is 0 Å². The van der Waals surface area contributed by atoms with Crippen LogP contribution in [0.2, 0.25) is 0 Å². The third kappa shape index (κ3) is 4.38. The van der Waals surface area contributed by atoms with Gasteiger partial charge in [-0.1, -0.05) is 0 Å². The van der Waals surface area contributed by atoms with Crippen LogP contribution in [-0.2, 0) is 19.1 Å². The number of imide groups is 1. The van der Waals surface area contributed by atoms with Gasteiger partial charge in [0.25, 0.3) is 5.91 Å². The number of esters is 1. The first-order valence-corrected chi connectivity index (χ1v) is 6.06. The van der Waals surface area contributed by atoms with Gasteiger partial charge in [-0.05, 0) is 19.3 Å². The maximum Gasteiger partial charge on any atom is 0.328 e. The Kier molecular flexibility index (Phi) is 5.70. The summed E-state index contributed by atoms with van der Waals surface area (Å²) in [6.45, 7) is 0.335. The molecule has 20 heavy (non-hydrogen) atoms. The molecule has 0 aromatic heterocycles. The molecule has 0 bridgehead atoms. The first kappa shape index (κ1) is 15.7. The molecule has 1 unspecified atom stereocenters. The molecule has 0 saturated carbocycles. The molecule has 1 heterocycles. The lowest BCUT2D eigenvalue weighted by atomic mass is 10.0. The van der Waals surface area contributed by atoms with Crippen molar-refractivity contribution in [2.24, 2.45) is 0 Å². The highest BCUT2D eigenvalue weighted by Gasteiger charge is 2.33. The summed E-state index contributed by atoms with van der Waals surface area (Å²) in [5.74, 6) is -2.68. The molecule has 3 amide bonds. The van der Waals surface area contributed by atoms with Gasteiger partial charge in [0.2, 0.25) is 0 Å². The Morgan fingerprint density at radius 3 is 2.55 bits per heavy atom. The van der Waals surface area contributed by atoms with Crippen LogP contribution in [0.15, 0.2) is 12.2 Å². The number of carboxylic acid groups (broad SMARTS) is 1. The Hall–Kier alpha value is -2.38. The first-order chi connectivity index (χ1) is 9.45. The van der Waals surface area contributed by atoms with Crippen LogP contribution < -0.4 is 5.32 Å². The number of carboxylic acids is 1. The molecule has 0 aromatic rings. The summed E-state index contributed by atoms with van der Waals surface area (Å²) in [5, 5.41) is 10.4. The van der Waals surface area contributed by atoms with E-state index in [0.717, 1.165) is 18.9 Å². The molecular formula is C12H16N2O6. The predicted molar refractivity (Wildman–Crippen MR) is 66.7 cm³/mol. The maximum atomic E-state index is 11.9. The molecular weight excluding hydrogens is 268 g/mol. The lowest BCUT2D eigenvalue weighted by Gasteiger charge is -2.33. The van der Waals surface area contributed by atoms with Gasteiger partial charge < -0.3 is 14.7 Å². The fourth-order valence-electron chi connectivity index (χ4n) is 1.92. The van der Waals surface area contributed by atoms with Crippen molar-refractivity contribution in [2.75, 3.05) is 13.7 Å². The van der Waals surface area contributed by atoms with Crippen LogP contribution >= 0.6 is 0 Å². The van der Waals surface area contributed by atoms with Crippen molar-refractivity contribution in [2.45, 2.75) is 25.3 Å². The number of hydrogen-bond donors (Lipinski definition) is 2. The molecule has 1 aliphatic rings. The van der Waals surface area contributed by atoms with E-state index >= 15 is 0 Å². The molecule has 110 valence electrons. The lowest BCUT2D eigenvalue weighted by Crippen LogP contribution is -2.53. The van der Waals surface area contributed by atoms with Crippen LogP contribution in [-0.4, -0.2) is 53.6 Å². The average molecular weight is 284 g/mol. The van der Waals surface area contributed by atoms with Crippen molar-refractivity contribution >= 4 is 23.9 Å². The Balaban J connectivity index is 2.66. The maximum absolute atomic E-state index is 11.9. The van der Waals surface area contributed by atoms with E-state index in [4.69, 9.17) is 5.11 Å². The van der Waals surface area contributed by atoms with E-state index in [-0.39, 0.29) is 0 Å². The van der Waals surface area contributed by atoms with Gasteiger partial charge in [0.1, 0.15) is 6.04 Å². The second kappa shape index (κ2) is 7.27. The predicted octanol–water partition coefficient (Wildman–Crippen LogP) is -0.109. The molecule has 0 radical (unpaired) electrons. The third-order valence-electron chi connectivity index (χ3n) is 2.84. The number of amides is 3. The van der Waals surface area contributed by atoms with Crippen molar-refractivity contribution < 1.29 is 29.0 Å². The molecule has 1 saturated heterocycles. The summed E-state index contributed by atoms with van der Waals surface area (Å²) >= 11 is 0. The number of nitrogens with one attached hydrogen (secondary N) is 1. The topological polar surface area (TPSA) is 113 Å². The quantitative estimate of drug-likeness (QED) is 0.552. The number of rotatable bonds is 3. The van der Waals surface area contributed by atoms with Crippen molar-refractivity contribution in [3.63, 3.8) is 0 Å². The molecule has 2 N–H and O–H groups in total. The Morgan fingerprint density at radius 1 is 1.25 bits per heavy atom. The van der Waals surface area contributed by atoms with E-state index in [1.807, 2.05) is 5.32 Å². The van der Waals surface area contributed by atoms with Crippen LogP contribution in [0.1, 0.15) is 19.3 Å². The second-order valence-corrected chi connectivity index (χ2v) is 4.19. The molecule has 0 aromatic carbocycles. The summed E-state index contributed by atoms with van der Waals surface area (Å²) in [5.41, 5.74) is 0. The number of aliphatic carboxylic acids is 1. The van der Waals surface area contributed by atoms with Crippen molar-refractivity contribution in [3.05, 3.63) is 12.2 Å². The van der Waals surface area contributed by atoms with Crippen LogP contribution in [0.25, 0.3) is 0 Å². The lowest BCUT2D eigenvalue weighted by molar-refractivity contribution is -0.147. The first-order valence-electron chi connectivity index (χ1n) is 6.06. The molecule has 1 rings (SSSR count). The van der Waals surface area contributed by atoms with Crippen LogP contribution in [0.5, 0.6) is 0 Å². The summed E-state index contributed by atoms with van der Waals surface area (Å²) in [7, 11) is 1.23. The third-order valence-corrected chi connectivity index (χ3v) is 2.84. The zero-order chi connectivity index (χ0) is 15.1. The standard InChI is InChI=1S/C12H16N2O6/c1-20-11(18)8-4-2-3-7-14(8)12(19)13-9(15)5-6-10(16)17/h5-6,8H,2-4,7H2,1H3,(H,16,17)(H,13,15,19)/b6-5+. The zero-order valence-electron chi connectivity index (χ0n) is 11.0. The van der Waals surface area contributed by atoms with E-state index in [1.54, 1.807) is 0 Å². The smallest absolute Gasteiger partial charge is 0.328 e. The highest BCUT2D eigenvalue weighted by Crippen LogP contribution is 2.18. The van der Waals surface area contributed by atoms with Gasteiger partial charge in [-0.15, -0.1) is 0 Å². The van der Waals surface area contributed by atoms with E-state index in [1.165, 1.54) is 12.0 Å². The highest BCUT2D eigenvalue weighted by molar-refractivity contribution is 6.03. The monoisotopic (exact) mass is 284 g/mol. The fourth-order valence-corrected chi connectivity index (χ4v) is 1.92. The Labute approximate surface area is 115 Å². The number of hydrogen-bond acceptors (Lipinski definition) is 5. The van der Waals surface area contributed by atoms with E-state index < -0.39 is 29.9 Å². The number of carbonyl (C=O) groups excluding carboxylic acids is 3.